The van der Waals surface area contributed by atoms with Crippen LogP contribution in [0.4, 0.5) is 4.79 Å². The topological polar surface area (TPSA) is 84.3 Å². The van der Waals surface area contributed by atoms with Crippen LogP contribution in [0.1, 0.15) is 37.6 Å². The summed E-state index contributed by atoms with van der Waals surface area (Å²) < 4.78 is 28.4. The Hall–Kier alpha value is -3.13. The van der Waals surface area contributed by atoms with Crippen LogP contribution in [0.2, 0.25) is 0 Å². The molecule has 0 bridgehead atoms. The number of benzene rings is 2. The van der Waals surface area contributed by atoms with Gasteiger partial charge in [-0.1, -0.05) is 74.5 Å². The van der Waals surface area contributed by atoms with E-state index in [0.29, 0.717) is 30.9 Å². The van der Waals surface area contributed by atoms with Crippen molar-refractivity contribution in [1.29, 1.82) is 0 Å². The maximum Gasteiger partial charge on any atom is 0.317 e. The maximum absolute atomic E-state index is 13.3. The van der Waals surface area contributed by atoms with Crippen molar-refractivity contribution >= 4 is 15.9 Å². The highest BCUT2D eigenvalue weighted by Gasteiger charge is 2.26. The van der Waals surface area contributed by atoms with Crippen LogP contribution in [0.15, 0.2) is 72.0 Å². The van der Waals surface area contributed by atoms with Gasteiger partial charge in [-0.15, -0.1) is 0 Å². The van der Waals surface area contributed by atoms with Crippen LogP contribution in [0, 0.1) is 5.92 Å². The van der Waals surface area contributed by atoms with Gasteiger partial charge in [0.1, 0.15) is 0 Å². The van der Waals surface area contributed by atoms with Crippen molar-refractivity contribution in [2.45, 2.75) is 44.8 Å². The van der Waals surface area contributed by atoms with Gasteiger partial charge in [-0.05, 0) is 24.0 Å². The molecule has 1 heterocycles. The van der Waals surface area contributed by atoms with Gasteiger partial charge < -0.3 is 14.8 Å². The predicted molar refractivity (Wildman–Crippen MR) is 129 cm³/mol. The first-order valence-corrected chi connectivity index (χ1v) is 12.8. The van der Waals surface area contributed by atoms with Gasteiger partial charge in [-0.3, -0.25) is 0 Å². The summed E-state index contributed by atoms with van der Waals surface area (Å²) in [5, 5.41) is 2.87. The van der Waals surface area contributed by atoms with Crippen LogP contribution < -0.4 is 5.32 Å². The highest BCUT2D eigenvalue weighted by molar-refractivity contribution is 7.90. The number of hydrogen-bond acceptors (Lipinski definition) is 4. The normalized spacial score (nSPS) is 11.5. The second-order valence-electron chi connectivity index (χ2n) is 8.46. The summed E-state index contributed by atoms with van der Waals surface area (Å²) in [6, 6.07) is 18.6. The number of nitrogens with one attached hydrogen (secondary N) is 1. The number of hydrogen-bond donors (Lipinski definition) is 1. The highest BCUT2D eigenvalue weighted by Crippen LogP contribution is 2.21. The third kappa shape index (κ3) is 6.68. The van der Waals surface area contributed by atoms with E-state index >= 15 is 0 Å². The smallest absolute Gasteiger partial charge is 0.317 e. The van der Waals surface area contributed by atoms with Gasteiger partial charge in [-0.2, -0.15) is 0 Å². The van der Waals surface area contributed by atoms with E-state index < -0.39 is 9.84 Å². The fourth-order valence-electron chi connectivity index (χ4n) is 3.68. The average molecular weight is 469 g/mol. The SMILES string of the molecule is CCNC(=O)N(Cc1cnc(S(=O)(=O)Cc2ccccc2)n1Cc1ccccc1)CC(C)C. The zero-order valence-electron chi connectivity index (χ0n) is 19.4. The molecule has 0 aliphatic carbocycles. The van der Waals surface area contributed by atoms with E-state index in [-0.39, 0.29) is 29.4 Å². The molecule has 0 aliphatic heterocycles. The van der Waals surface area contributed by atoms with Crippen molar-refractivity contribution in [3.8, 4) is 0 Å². The first-order chi connectivity index (χ1) is 15.8. The molecule has 2 amide bonds. The summed E-state index contributed by atoms with van der Waals surface area (Å²) in [7, 11) is -3.70. The Morgan fingerprint density at radius 1 is 1.03 bits per heavy atom. The minimum atomic E-state index is -3.70. The molecule has 0 saturated carbocycles. The van der Waals surface area contributed by atoms with Crippen molar-refractivity contribution in [3.63, 3.8) is 0 Å². The van der Waals surface area contributed by atoms with E-state index in [0.717, 1.165) is 5.56 Å². The molecule has 3 aromatic rings. The summed E-state index contributed by atoms with van der Waals surface area (Å²) in [4.78, 5) is 18.7. The van der Waals surface area contributed by atoms with Gasteiger partial charge in [0.25, 0.3) is 0 Å². The molecule has 8 heteroatoms. The molecule has 176 valence electrons. The lowest BCUT2D eigenvalue weighted by atomic mass is 10.2. The Morgan fingerprint density at radius 2 is 1.64 bits per heavy atom. The van der Waals surface area contributed by atoms with Gasteiger partial charge >= 0.3 is 6.03 Å². The molecule has 0 unspecified atom stereocenters. The molecule has 3 rings (SSSR count). The fourth-order valence-corrected chi connectivity index (χ4v) is 5.17. The second kappa shape index (κ2) is 11.1. The first-order valence-electron chi connectivity index (χ1n) is 11.2. The fraction of sp³-hybridized carbons (Fsp3) is 0.360. The Balaban J connectivity index is 1.99. The largest absolute Gasteiger partial charge is 0.338 e. The molecule has 1 N–H and O–H groups in total. The lowest BCUT2D eigenvalue weighted by Gasteiger charge is -2.25. The quantitative estimate of drug-likeness (QED) is 0.486. The van der Waals surface area contributed by atoms with Gasteiger partial charge in [0.05, 0.1) is 30.7 Å². The van der Waals surface area contributed by atoms with Crippen LogP contribution in [-0.2, 0) is 28.7 Å². The number of sulfone groups is 1. The lowest BCUT2D eigenvalue weighted by molar-refractivity contribution is 0.187. The molecule has 0 aliphatic rings. The zero-order chi connectivity index (χ0) is 23.8. The third-order valence-electron chi connectivity index (χ3n) is 5.12. The maximum atomic E-state index is 13.3. The van der Waals surface area contributed by atoms with E-state index in [2.05, 4.69) is 10.3 Å². The van der Waals surface area contributed by atoms with E-state index in [1.54, 1.807) is 27.8 Å². The third-order valence-corrected chi connectivity index (χ3v) is 6.71. The molecule has 0 saturated heterocycles. The Kier molecular flexibility index (Phi) is 8.27. The van der Waals surface area contributed by atoms with Gasteiger partial charge in [0.2, 0.25) is 15.0 Å². The summed E-state index contributed by atoms with van der Waals surface area (Å²) >= 11 is 0. The summed E-state index contributed by atoms with van der Waals surface area (Å²) in [5.74, 6) is 0.130. The molecule has 0 spiro atoms. The van der Waals surface area contributed by atoms with Gasteiger partial charge in [-0.25, -0.2) is 18.2 Å². The van der Waals surface area contributed by atoms with Crippen molar-refractivity contribution in [2.24, 2.45) is 5.92 Å². The molecule has 7 nitrogen and oxygen atoms in total. The first kappa shape index (κ1) is 24.5. The van der Waals surface area contributed by atoms with Crippen LogP contribution in [0.5, 0.6) is 0 Å². The van der Waals surface area contributed by atoms with Crippen molar-refractivity contribution in [3.05, 3.63) is 83.7 Å². The van der Waals surface area contributed by atoms with Crippen molar-refractivity contribution in [2.75, 3.05) is 13.1 Å². The number of carbonyl (C=O) groups excluding carboxylic acids is 1. The Labute approximate surface area is 196 Å². The minimum absolute atomic E-state index is 0.0191. The Morgan fingerprint density at radius 3 is 2.21 bits per heavy atom. The standard InChI is InChI=1S/C25H32N4O3S/c1-4-26-24(30)28(16-20(2)3)18-23-15-27-25(29(23)17-21-11-7-5-8-12-21)33(31,32)19-22-13-9-6-10-14-22/h5-15,20H,4,16-19H2,1-3H3,(H,26,30). The molecule has 0 fully saturated rings. The number of nitrogens with zero attached hydrogens (tertiary/aromatic N) is 3. The van der Waals surface area contributed by atoms with E-state index in [4.69, 9.17) is 0 Å². The summed E-state index contributed by atoms with van der Waals surface area (Å²) in [6.45, 7) is 7.66. The Bertz CT molecular complexity index is 1140. The molecule has 2 aromatic carbocycles. The molecular weight excluding hydrogens is 436 g/mol. The molecule has 0 radical (unpaired) electrons. The molecule has 1 aromatic heterocycles. The number of urea groups is 1. The number of aromatic nitrogens is 2. The minimum Gasteiger partial charge on any atom is -0.338 e. The van der Waals surface area contributed by atoms with E-state index in [1.807, 2.05) is 69.3 Å². The van der Waals surface area contributed by atoms with E-state index in [9.17, 15) is 13.2 Å². The van der Waals surface area contributed by atoms with Crippen molar-refractivity contribution < 1.29 is 13.2 Å². The molecule has 0 atom stereocenters. The van der Waals surface area contributed by atoms with Gasteiger partial charge in [0.15, 0.2) is 0 Å². The zero-order valence-corrected chi connectivity index (χ0v) is 20.3. The van der Waals surface area contributed by atoms with E-state index in [1.165, 1.54) is 0 Å². The highest BCUT2D eigenvalue weighted by atomic mass is 32.2. The number of carbonyl (C=O) groups is 1. The van der Waals surface area contributed by atoms with Crippen LogP contribution in [-0.4, -0.2) is 42.0 Å². The van der Waals surface area contributed by atoms with Crippen LogP contribution in [0.3, 0.4) is 0 Å². The predicted octanol–water partition coefficient (Wildman–Crippen LogP) is 4.09. The summed E-state index contributed by atoms with van der Waals surface area (Å²) in [6.07, 6.45) is 1.58. The molecule has 33 heavy (non-hydrogen) atoms. The molecular formula is C25H32N4O3S. The number of rotatable bonds is 10. The second-order valence-corrected chi connectivity index (χ2v) is 10.3. The number of amides is 2. The van der Waals surface area contributed by atoms with Crippen LogP contribution >= 0.6 is 0 Å². The average Bonchev–Trinajstić information content (AvgIpc) is 3.17. The van der Waals surface area contributed by atoms with Gasteiger partial charge in [0, 0.05) is 13.1 Å². The monoisotopic (exact) mass is 468 g/mol. The lowest BCUT2D eigenvalue weighted by Crippen LogP contribution is -2.41. The number of imidazole rings is 1. The summed E-state index contributed by atoms with van der Waals surface area (Å²) in [5.41, 5.74) is 2.34. The van der Waals surface area contributed by atoms with Crippen molar-refractivity contribution in [1.82, 2.24) is 19.8 Å². The van der Waals surface area contributed by atoms with Crippen LogP contribution in [0.25, 0.3) is 0 Å².